The highest BCUT2D eigenvalue weighted by molar-refractivity contribution is 4.78. The van der Waals surface area contributed by atoms with Gasteiger partial charge in [0.15, 0.2) is 0 Å². The second kappa shape index (κ2) is 6.32. The topological polar surface area (TPSA) is 56.5 Å². The van der Waals surface area contributed by atoms with Gasteiger partial charge in [0.05, 0.1) is 18.8 Å². The van der Waals surface area contributed by atoms with Crippen LogP contribution in [-0.4, -0.2) is 32.0 Å². The van der Waals surface area contributed by atoms with E-state index in [4.69, 9.17) is 15.3 Å². The van der Waals surface area contributed by atoms with Crippen molar-refractivity contribution in [2.24, 2.45) is 5.84 Å². The van der Waals surface area contributed by atoms with Crippen molar-refractivity contribution in [1.29, 1.82) is 0 Å². The summed E-state index contributed by atoms with van der Waals surface area (Å²) in [6.45, 7) is 4.40. The number of nitrogens with two attached hydrogens (primary N) is 1. The smallest absolute Gasteiger partial charge is 0.0764 e. The first-order valence-corrected chi connectivity index (χ1v) is 5.04. The Morgan fingerprint density at radius 3 is 3.08 bits per heavy atom. The Labute approximate surface area is 79.7 Å². The predicted molar refractivity (Wildman–Crippen MR) is 51.2 cm³/mol. The van der Waals surface area contributed by atoms with E-state index in [0.717, 1.165) is 32.5 Å². The van der Waals surface area contributed by atoms with Crippen molar-refractivity contribution in [2.75, 3.05) is 19.8 Å². The van der Waals surface area contributed by atoms with Crippen molar-refractivity contribution < 1.29 is 9.47 Å². The zero-order valence-corrected chi connectivity index (χ0v) is 8.29. The molecule has 3 N–H and O–H groups in total. The standard InChI is InChI=1S/C9H20N2O2/c1-2-5-12-7-8(11-10)9-4-3-6-13-9/h8-9,11H,2-7,10H2,1H3. The van der Waals surface area contributed by atoms with E-state index in [-0.39, 0.29) is 12.1 Å². The molecule has 1 heterocycles. The fraction of sp³-hybridized carbons (Fsp3) is 1.00. The summed E-state index contributed by atoms with van der Waals surface area (Å²) in [6.07, 6.45) is 3.51. The maximum atomic E-state index is 5.51. The van der Waals surface area contributed by atoms with Gasteiger partial charge in [-0.15, -0.1) is 0 Å². The fourth-order valence-corrected chi connectivity index (χ4v) is 1.54. The molecule has 0 aliphatic carbocycles. The van der Waals surface area contributed by atoms with Gasteiger partial charge < -0.3 is 9.47 Å². The van der Waals surface area contributed by atoms with E-state index >= 15 is 0 Å². The summed E-state index contributed by atoms with van der Waals surface area (Å²) >= 11 is 0. The van der Waals surface area contributed by atoms with E-state index in [1.54, 1.807) is 0 Å². The van der Waals surface area contributed by atoms with Crippen LogP contribution in [-0.2, 0) is 9.47 Å². The molecule has 1 fully saturated rings. The average molecular weight is 188 g/mol. The summed E-state index contributed by atoms with van der Waals surface area (Å²) < 4.78 is 10.9. The highest BCUT2D eigenvalue weighted by atomic mass is 16.5. The van der Waals surface area contributed by atoms with Crippen molar-refractivity contribution in [3.8, 4) is 0 Å². The Bertz CT molecular complexity index is 127. The van der Waals surface area contributed by atoms with Crippen molar-refractivity contribution in [2.45, 2.75) is 38.3 Å². The number of nitrogens with one attached hydrogen (secondary N) is 1. The highest BCUT2D eigenvalue weighted by Crippen LogP contribution is 2.15. The molecule has 13 heavy (non-hydrogen) atoms. The number of rotatable bonds is 6. The minimum absolute atomic E-state index is 0.147. The molecule has 1 saturated heterocycles. The van der Waals surface area contributed by atoms with Gasteiger partial charge in [0, 0.05) is 13.2 Å². The van der Waals surface area contributed by atoms with Crippen molar-refractivity contribution in [1.82, 2.24) is 5.43 Å². The molecule has 0 bridgehead atoms. The Kier molecular flexibility index (Phi) is 5.31. The van der Waals surface area contributed by atoms with Crippen LogP contribution in [0.25, 0.3) is 0 Å². The average Bonchev–Trinajstić information content (AvgIpc) is 2.65. The Morgan fingerprint density at radius 1 is 1.69 bits per heavy atom. The van der Waals surface area contributed by atoms with Crippen LogP contribution in [0.2, 0.25) is 0 Å². The SMILES string of the molecule is CCCOCC(NN)C1CCCO1. The minimum Gasteiger partial charge on any atom is -0.380 e. The third kappa shape index (κ3) is 3.60. The van der Waals surface area contributed by atoms with Gasteiger partial charge in [-0.3, -0.25) is 11.3 Å². The zero-order valence-electron chi connectivity index (χ0n) is 8.29. The molecule has 0 amide bonds. The molecule has 0 aromatic carbocycles. The van der Waals surface area contributed by atoms with Crippen molar-refractivity contribution >= 4 is 0 Å². The van der Waals surface area contributed by atoms with Gasteiger partial charge in [0.2, 0.25) is 0 Å². The first-order chi connectivity index (χ1) is 6.38. The van der Waals surface area contributed by atoms with Crippen LogP contribution in [0.5, 0.6) is 0 Å². The summed E-state index contributed by atoms with van der Waals surface area (Å²) in [7, 11) is 0. The molecule has 0 aromatic rings. The van der Waals surface area contributed by atoms with Crippen LogP contribution in [0.15, 0.2) is 0 Å². The molecule has 1 aliphatic heterocycles. The van der Waals surface area contributed by atoms with E-state index in [9.17, 15) is 0 Å². The van der Waals surface area contributed by atoms with Crippen LogP contribution >= 0.6 is 0 Å². The number of hydrogen-bond donors (Lipinski definition) is 2. The monoisotopic (exact) mass is 188 g/mol. The molecule has 0 aromatic heterocycles. The first kappa shape index (κ1) is 10.9. The largest absolute Gasteiger partial charge is 0.380 e. The van der Waals surface area contributed by atoms with Gasteiger partial charge in [0.25, 0.3) is 0 Å². The van der Waals surface area contributed by atoms with Gasteiger partial charge in [-0.05, 0) is 19.3 Å². The number of ether oxygens (including phenoxy) is 2. The third-order valence-electron chi connectivity index (χ3n) is 2.27. The molecule has 2 unspecified atom stereocenters. The molecule has 1 rings (SSSR count). The van der Waals surface area contributed by atoms with Crippen LogP contribution in [0.3, 0.4) is 0 Å². The molecule has 4 heteroatoms. The van der Waals surface area contributed by atoms with Gasteiger partial charge in [-0.1, -0.05) is 6.92 Å². The summed E-state index contributed by atoms with van der Waals surface area (Å²) in [5.74, 6) is 5.42. The van der Waals surface area contributed by atoms with E-state index in [0.29, 0.717) is 6.61 Å². The number of hydrazine groups is 1. The van der Waals surface area contributed by atoms with E-state index in [2.05, 4.69) is 12.3 Å². The van der Waals surface area contributed by atoms with Crippen LogP contribution in [0, 0.1) is 0 Å². The molecular formula is C9H20N2O2. The zero-order chi connectivity index (χ0) is 9.52. The quantitative estimate of drug-likeness (QED) is 0.360. The molecular weight excluding hydrogens is 168 g/mol. The van der Waals surface area contributed by atoms with Crippen LogP contribution in [0.4, 0.5) is 0 Å². The Hall–Kier alpha value is -0.160. The molecule has 4 nitrogen and oxygen atoms in total. The Morgan fingerprint density at radius 2 is 2.54 bits per heavy atom. The van der Waals surface area contributed by atoms with E-state index in [1.165, 1.54) is 0 Å². The van der Waals surface area contributed by atoms with Crippen LogP contribution in [0.1, 0.15) is 26.2 Å². The Balaban J connectivity index is 2.16. The maximum Gasteiger partial charge on any atom is 0.0764 e. The lowest BCUT2D eigenvalue weighted by molar-refractivity contribution is 0.0292. The maximum absolute atomic E-state index is 5.51. The molecule has 0 saturated carbocycles. The summed E-state index contributed by atoms with van der Waals surface area (Å²) in [5, 5.41) is 0. The van der Waals surface area contributed by atoms with Crippen molar-refractivity contribution in [3.63, 3.8) is 0 Å². The number of hydrogen-bond acceptors (Lipinski definition) is 4. The molecule has 0 radical (unpaired) electrons. The van der Waals surface area contributed by atoms with Gasteiger partial charge >= 0.3 is 0 Å². The minimum atomic E-state index is 0.147. The molecule has 78 valence electrons. The van der Waals surface area contributed by atoms with Crippen molar-refractivity contribution in [3.05, 3.63) is 0 Å². The highest BCUT2D eigenvalue weighted by Gasteiger charge is 2.24. The van der Waals surface area contributed by atoms with Crippen LogP contribution < -0.4 is 11.3 Å². The molecule has 1 aliphatic rings. The summed E-state index contributed by atoms with van der Waals surface area (Å²) in [6, 6.07) is 0.147. The molecule has 0 spiro atoms. The second-order valence-corrected chi connectivity index (χ2v) is 3.40. The molecule has 2 atom stereocenters. The van der Waals surface area contributed by atoms with Gasteiger partial charge in [0.1, 0.15) is 0 Å². The summed E-state index contributed by atoms with van der Waals surface area (Å²) in [5.41, 5.74) is 2.75. The lowest BCUT2D eigenvalue weighted by atomic mass is 10.1. The summed E-state index contributed by atoms with van der Waals surface area (Å²) in [4.78, 5) is 0. The first-order valence-electron chi connectivity index (χ1n) is 5.04. The predicted octanol–water partition coefficient (Wildman–Crippen LogP) is 0.424. The fourth-order valence-electron chi connectivity index (χ4n) is 1.54. The van der Waals surface area contributed by atoms with Gasteiger partial charge in [-0.25, -0.2) is 0 Å². The van der Waals surface area contributed by atoms with E-state index in [1.807, 2.05) is 0 Å². The lowest BCUT2D eigenvalue weighted by Gasteiger charge is -2.21. The lowest BCUT2D eigenvalue weighted by Crippen LogP contribution is -2.46. The van der Waals surface area contributed by atoms with E-state index < -0.39 is 0 Å². The third-order valence-corrected chi connectivity index (χ3v) is 2.27. The van der Waals surface area contributed by atoms with Gasteiger partial charge in [-0.2, -0.15) is 0 Å². The normalized spacial score (nSPS) is 24.9. The second-order valence-electron chi connectivity index (χ2n) is 3.40.